The molecule has 0 aliphatic carbocycles. The average Bonchev–Trinajstić information content (AvgIpc) is 1.71. The van der Waals surface area contributed by atoms with Gasteiger partial charge in [0, 0.05) is 58.2 Å². The predicted molar refractivity (Wildman–Crippen MR) is 473 cm³/mol. The number of likely N-dealkylation sites (tertiary alicyclic amines) is 2. The maximum Gasteiger partial charge on any atom is 0.326 e. The molecule has 4 rings (SSSR count). The summed E-state index contributed by atoms with van der Waals surface area (Å²) in [4.78, 5) is 321. The molecule has 0 spiro atoms. The Kier molecular flexibility index (Phi) is 48.3. The maximum atomic E-state index is 14.9. The summed E-state index contributed by atoms with van der Waals surface area (Å²) in [6, 6.07) is -9.01. The smallest absolute Gasteiger partial charge is 0.326 e. The summed E-state index contributed by atoms with van der Waals surface area (Å²) < 4.78 is 0. The standard InChI is InChI=1S/C84H122N22O31/c1-5-43(4)70(82(135)106-31-11-16-58(106)80(133)100-50(23-27-67(118)119)73(126)97-49(22-26-66(116)117)74(127)101-53(34-45-17-19-46(107)20-18-45)77(130)103-56(83(136)137)32-42(2)3)104-75(128)51(24-28-68(120)121)98-72(125)48(21-25-65(114)115)99-76(129)52(33-44-12-7-6-8-13-44)102-78(131)55(36-69(122)123)96-64(113)41-93-71(124)54(35-59(86)108)95-63(112)40-92-61(110)38-90-60(109)37-91-62(111)39-94-79(132)57-15-10-30-105(57)81(134)47(85)14-9-29-89-84(87)88/h6-8,12-13,17-20,42-43,47-58,70,107H,5,9-11,14-16,21-41,85H2,1-4H3,(H2,86,108)(H,90,109)(H,91,111)(H,92,110)(H,93,124)(H,94,132)(H,95,112)(H,96,113)(H,97,126)(H,98,125)(H,99,129)(H,100,133)(H,101,127)(H,102,131)(H,103,130)(H,104,128)(H,114,115)(H,116,117)(H,118,119)(H,120,121)(H,122,123)(H,136,137)(H4,87,88,89)/t43-,47-,48-,49-,50-,51-,52-,53-,54-,55-,56-,57-,58-,70-/m0/s1. The fourth-order valence-corrected chi connectivity index (χ4v) is 14.1. The van der Waals surface area contributed by atoms with E-state index in [4.69, 9.17) is 22.6 Å². The molecule has 2 fully saturated rings. The number of carboxylic acid groups (broad SMARTS) is 6. The number of carboxylic acids is 6. The van der Waals surface area contributed by atoms with E-state index in [-0.39, 0.29) is 81.2 Å². The topological polar surface area (TPSA) is 852 Å². The molecule has 2 aliphatic heterocycles. The van der Waals surface area contributed by atoms with Crippen LogP contribution in [-0.4, -0.2) is 325 Å². The van der Waals surface area contributed by atoms with Gasteiger partial charge in [0.15, 0.2) is 5.96 Å². The molecule has 53 heteroatoms. The first kappa shape index (κ1) is 114. The third-order valence-corrected chi connectivity index (χ3v) is 21.4. The number of carbonyl (C=O) groups is 24. The van der Waals surface area contributed by atoms with E-state index in [0.717, 1.165) is 4.90 Å². The van der Waals surface area contributed by atoms with Crippen molar-refractivity contribution in [1.29, 1.82) is 5.41 Å². The Morgan fingerprint density at radius 3 is 1.20 bits per heavy atom. The van der Waals surface area contributed by atoms with Gasteiger partial charge in [-0.3, -0.25) is 116 Å². The average molecular weight is 1940 g/mol. The maximum absolute atomic E-state index is 14.9. The number of aliphatic carboxylic acids is 6. The van der Waals surface area contributed by atoms with Gasteiger partial charge in [0.1, 0.15) is 78.3 Å². The number of phenolic OH excluding ortho intramolecular Hbond substituents is 1. The summed E-state index contributed by atoms with van der Waals surface area (Å²) in [6.45, 7) is 2.60. The lowest BCUT2D eigenvalue weighted by Crippen LogP contribution is -2.61. The number of hydrogen-bond acceptors (Lipinski definition) is 27. The van der Waals surface area contributed by atoms with Crippen LogP contribution in [0, 0.1) is 17.2 Å². The highest BCUT2D eigenvalue weighted by atomic mass is 16.4. The number of amides is 18. The second-order valence-electron chi connectivity index (χ2n) is 32.8. The van der Waals surface area contributed by atoms with Crippen LogP contribution in [-0.2, 0) is 128 Å². The van der Waals surface area contributed by atoms with Gasteiger partial charge < -0.3 is 148 Å². The highest BCUT2D eigenvalue weighted by Crippen LogP contribution is 2.24. The molecule has 0 radical (unpaired) electrons. The number of phenols is 1. The largest absolute Gasteiger partial charge is 0.508 e. The van der Waals surface area contributed by atoms with Crippen LogP contribution in [0.25, 0.3) is 0 Å². The van der Waals surface area contributed by atoms with E-state index in [2.05, 4.69) is 85.1 Å². The third kappa shape index (κ3) is 42.3. The molecule has 14 atom stereocenters. The molecule has 18 amide bonds. The van der Waals surface area contributed by atoms with Crippen molar-refractivity contribution in [2.45, 2.75) is 235 Å². The van der Waals surface area contributed by atoms with E-state index in [1.54, 1.807) is 26.8 Å². The van der Waals surface area contributed by atoms with Crippen molar-refractivity contribution in [3.05, 3.63) is 65.7 Å². The zero-order valence-corrected chi connectivity index (χ0v) is 75.7. The zero-order chi connectivity index (χ0) is 102. The molecule has 2 heterocycles. The van der Waals surface area contributed by atoms with Crippen LogP contribution in [0.5, 0.6) is 5.75 Å². The van der Waals surface area contributed by atoms with E-state index in [1.807, 2.05) is 0 Å². The first-order chi connectivity index (χ1) is 64.5. The molecule has 754 valence electrons. The number of nitrogens with zero attached hydrogens (tertiary/aromatic N) is 2. The van der Waals surface area contributed by atoms with Gasteiger partial charge in [-0.15, -0.1) is 0 Å². The van der Waals surface area contributed by atoms with Crippen LogP contribution >= 0.6 is 0 Å². The molecule has 2 saturated heterocycles. The van der Waals surface area contributed by atoms with Crippen molar-refractivity contribution < 1.29 is 151 Å². The minimum Gasteiger partial charge on any atom is -0.508 e. The Labute approximate surface area is 783 Å². The molecule has 2 aromatic carbocycles. The number of benzene rings is 2. The summed E-state index contributed by atoms with van der Waals surface area (Å²) >= 11 is 0. The number of primary amides is 1. The van der Waals surface area contributed by atoms with E-state index < -0.39 is 330 Å². The van der Waals surface area contributed by atoms with Gasteiger partial charge in [-0.05, 0) is 106 Å². The fraction of sp³-hybridized carbons (Fsp3) is 0.560. The van der Waals surface area contributed by atoms with E-state index in [1.165, 1.54) is 60.4 Å². The van der Waals surface area contributed by atoms with Crippen LogP contribution < -0.4 is 102 Å². The van der Waals surface area contributed by atoms with Crippen LogP contribution in [0.2, 0.25) is 0 Å². The minimum atomic E-state index is -2.13. The van der Waals surface area contributed by atoms with Gasteiger partial charge in [0.2, 0.25) is 106 Å². The SMILES string of the molecule is CC[C@H](C)[C@H](NC(=O)[C@H](CCC(=O)O)NC(=O)[C@H](CCC(=O)O)NC(=O)[C@H](Cc1ccccc1)NC(=O)[C@H](CC(=O)O)NC(=O)CNC(=O)[C@H](CC(N)=O)NC(=O)CNC(=O)CNC(=O)CNC(=O)CNC(=O)[C@@H]1CCCN1C(=O)[C@@H](N)CCCNC(=N)N)C(=O)N1CCC[C@H]1C(=O)N[C@@H](CCC(=O)O)C(=O)N[C@@H](CCC(=O)O)C(=O)N[C@@H](Cc1ccc(O)cc1)C(=O)N[C@@H](CC(C)C)C(=O)O. The Morgan fingerprint density at radius 1 is 0.401 bits per heavy atom. The van der Waals surface area contributed by atoms with Crippen molar-refractivity contribution in [1.82, 2.24) is 94.9 Å². The minimum absolute atomic E-state index is 0.0565. The van der Waals surface area contributed by atoms with Crippen LogP contribution in [0.15, 0.2) is 54.6 Å². The first-order valence-electron chi connectivity index (χ1n) is 43.8. The number of nitrogens with one attached hydrogen (secondary N) is 17. The number of hydrogen-bond donors (Lipinski definition) is 27. The van der Waals surface area contributed by atoms with Crippen molar-refractivity contribution in [3.63, 3.8) is 0 Å². The van der Waals surface area contributed by atoms with Crippen molar-refractivity contribution in [2.24, 2.45) is 29.0 Å². The second-order valence-corrected chi connectivity index (χ2v) is 32.8. The zero-order valence-electron chi connectivity index (χ0n) is 75.7. The lowest BCUT2D eigenvalue weighted by atomic mass is 9.96. The molecule has 30 N–H and O–H groups in total. The summed E-state index contributed by atoms with van der Waals surface area (Å²) in [6.07, 6.45) is -8.06. The molecule has 137 heavy (non-hydrogen) atoms. The van der Waals surface area contributed by atoms with E-state index in [0.29, 0.717) is 24.9 Å². The summed E-state index contributed by atoms with van der Waals surface area (Å²) in [5, 5.41) is 113. The molecular formula is C84H122N22O31. The summed E-state index contributed by atoms with van der Waals surface area (Å²) in [5.41, 5.74) is 17.2. The molecular weight excluding hydrogens is 1810 g/mol. The fourth-order valence-electron chi connectivity index (χ4n) is 14.1. The molecule has 2 aromatic rings. The molecule has 0 bridgehead atoms. The van der Waals surface area contributed by atoms with Gasteiger partial charge in [-0.25, -0.2) is 4.79 Å². The second kappa shape index (κ2) is 58.0. The highest BCUT2D eigenvalue weighted by Gasteiger charge is 2.44. The Morgan fingerprint density at radius 2 is 0.781 bits per heavy atom. The van der Waals surface area contributed by atoms with Crippen molar-refractivity contribution in [3.8, 4) is 5.75 Å². The van der Waals surface area contributed by atoms with Crippen LogP contribution in [0.3, 0.4) is 0 Å². The number of carbonyl (C=O) groups excluding carboxylic acids is 18. The molecule has 2 aliphatic rings. The van der Waals surface area contributed by atoms with Gasteiger partial charge in [0.25, 0.3) is 0 Å². The first-order valence-corrected chi connectivity index (χ1v) is 43.8. The quantitative estimate of drug-likeness (QED) is 0.0166. The van der Waals surface area contributed by atoms with Gasteiger partial charge in [-0.1, -0.05) is 76.6 Å². The molecule has 0 saturated carbocycles. The molecule has 0 unspecified atom stereocenters. The Hall–Kier alpha value is -15.2. The van der Waals surface area contributed by atoms with Crippen LogP contribution in [0.1, 0.15) is 154 Å². The number of nitrogens with two attached hydrogens (primary N) is 3. The lowest BCUT2D eigenvalue weighted by Gasteiger charge is -2.33. The number of rotatable bonds is 61. The van der Waals surface area contributed by atoms with Crippen molar-refractivity contribution in [2.75, 3.05) is 52.4 Å². The monoisotopic (exact) mass is 1930 g/mol. The number of guanidine groups is 1. The normalized spacial score (nSPS) is 15.8. The molecule has 53 nitrogen and oxygen atoms in total. The summed E-state index contributed by atoms with van der Waals surface area (Å²) in [5.74, 6) is -30.5. The van der Waals surface area contributed by atoms with Gasteiger partial charge in [-0.2, -0.15) is 0 Å². The molecule has 0 aromatic heterocycles. The predicted octanol–water partition coefficient (Wildman–Crippen LogP) is -8.83. The Bertz CT molecular complexity index is 4680. The van der Waals surface area contributed by atoms with E-state index in [9.17, 15) is 151 Å². The highest BCUT2D eigenvalue weighted by molar-refractivity contribution is 6.02. The van der Waals surface area contributed by atoms with E-state index >= 15 is 0 Å². The summed E-state index contributed by atoms with van der Waals surface area (Å²) in [7, 11) is 0. The lowest BCUT2D eigenvalue weighted by molar-refractivity contribution is -0.144. The van der Waals surface area contributed by atoms with Gasteiger partial charge >= 0.3 is 35.8 Å². The Balaban J connectivity index is 1.47. The third-order valence-electron chi connectivity index (χ3n) is 21.4. The van der Waals surface area contributed by atoms with Gasteiger partial charge in [0.05, 0.1) is 51.6 Å². The number of aromatic hydroxyl groups is 1. The van der Waals surface area contributed by atoms with Crippen molar-refractivity contribution >= 4 is 148 Å². The van der Waals surface area contributed by atoms with Crippen LogP contribution in [0.4, 0.5) is 0 Å².